The molecule has 0 fully saturated rings. The highest BCUT2D eigenvalue weighted by molar-refractivity contribution is 3.55. The van der Waals surface area contributed by atoms with Gasteiger partial charge in [-0.25, -0.2) is 0 Å². The van der Waals surface area contributed by atoms with Gasteiger partial charge < -0.3 is 0 Å². The maximum atomic E-state index is 2.00. The maximum absolute atomic E-state index is 2.00. The Morgan fingerprint density at radius 1 is 0.0380 bits per heavy atom. The Labute approximate surface area is 558 Å². The summed E-state index contributed by atoms with van der Waals surface area (Å²) >= 11 is 0. The molecule has 0 heterocycles. The van der Waals surface area contributed by atoms with E-state index in [-0.39, 0.29) is 201 Å². The van der Waals surface area contributed by atoms with Crippen LogP contribution in [0.15, 0.2) is 0 Å². The van der Waals surface area contributed by atoms with Crippen LogP contribution in [0.25, 0.3) is 0 Å². The molecule has 0 spiro atoms. The molecule has 0 bridgehead atoms. The van der Waals surface area contributed by atoms with Gasteiger partial charge in [-0.3, -0.25) is 0 Å². The first-order valence-electron chi connectivity index (χ1n) is 26.0. The maximum Gasteiger partial charge on any atom is -0.0683 e. The van der Waals surface area contributed by atoms with E-state index in [9.17, 15) is 0 Å². The lowest BCUT2D eigenvalue weighted by atomic mass is 11.0. The highest BCUT2D eigenvalue weighted by Crippen LogP contribution is 1.20. The predicted molar refractivity (Wildman–Crippen MR) is 477 cm³/mol. The van der Waals surface area contributed by atoms with Crippen molar-refractivity contribution in [1.29, 1.82) is 0 Å². The zero-order valence-corrected chi connectivity index (χ0v) is 52.0. The van der Waals surface area contributed by atoms with Crippen molar-refractivity contribution >= 4 is 0 Å². The van der Waals surface area contributed by atoms with Crippen molar-refractivity contribution in [3.05, 3.63) is 0 Å². The van der Waals surface area contributed by atoms with Gasteiger partial charge in [0.2, 0.25) is 0 Å². The quantitative estimate of drug-likeness (QED) is 0.227. The molecule has 0 rings (SSSR count). The molecule has 0 unspecified atom stereocenters. The van der Waals surface area contributed by atoms with E-state index in [1.165, 1.54) is 0 Å². The molecule has 0 amide bonds. The molecule has 0 aliphatic carbocycles. The molecule has 0 heteroatoms. The van der Waals surface area contributed by atoms with Crippen LogP contribution in [0.4, 0.5) is 0 Å². The van der Waals surface area contributed by atoms with Crippen LogP contribution >= 0.6 is 0 Å². The van der Waals surface area contributed by atoms with E-state index in [4.69, 9.17) is 0 Å². The molecular formula is C79H264. The normalized spacial score (nSPS) is 1.97. The standard InChI is InChI=1S/26C2H6.27CH4/c26*1-2;;;;;;;;;;;;;;;;;;;;;;;;;;;/h26*1-2H3;27*1H4. The third-order valence-corrected chi connectivity index (χ3v) is 0. The Balaban J connectivity index is -0.00000000172. The minimum Gasteiger partial charge on any atom is -0.0776 e. The van der Waals surface area contributed by atoms with Gasteiger partial charge in [-0.1, -0.05) is 561 Å². The fourth-order valence-electron chi connectivity index (χ4n) is 0. The Morgan fingerprint density at radius 3 is 0.0380 bits per heavy atom. The molecule has 0 N–H and O–H groups in total. The molecule has 0 aromatic carbocycles. The molecule has 0 nitrogen and oxygen atoms in total. The Hall–Kier alpha value is 0. The van der Waals surface area contributed by atoms with Crippen LogP contribution in [0.2, 0.25) is 0 Å². The largest absolute Gasteiger partial charge is 0.0776 e. The molecule has 79 heavy (non-hydrogen) atoms. The summed E-state index contributed by atoms with van der Waals surface area (Å²) in [6.45, 7) is 104. The fourth-order valence-corrected chi connectivity index (χ4v) is 0. The van der Waals surface area contributed by atoms with Crippen molar-refractivity contribution < 1.29 is 0 Å². The van der Waals surface area contributed by atoms with E-state index in [2.05, 4.69) is 0 Å². The van der Waals surface area contributed by atoms with Crippen LogP contribution in [-0.4, -0.2) is 0 Å². The van der Waals surface area contributed by atoms with Gasteiger partial charge in [-0.05, 0) is 0 Å². The third-order valence-electron chi connectivity index (χ3n) is 0. The van der Waals surface area contributed by atoms with E-state index in [1.807, 2.05) is 360 Å². The Bertz CT molecular complexity index is 0. The zero-order valence-electron chi connectivity index (χ0n) is 52.0. The van der Waals surface area contributed by atoms with Gasteiger partial charge in [0, 0.05) is 0 Å². The summed E-state index contributed by atoms with van der Waals surface area (Å²) in [7, 11) is 0. The second kappa shape index (κ2) is 0. The predicted octanol–water partition coefficient (Wildman–Crippen LogP) is 43.9. The van der Waals surface area contributed by atoms with E-state index in [1.54, 1.807) is 0 Å². The minimum atomic E-state index is 0. The van der Waals surface area contributed by atoms with Gasteiger partial charge >= 0.3 is 0 Å². The first-order valence-corrected chi connectivity index (χ1v) is 26.0. The molecule has 0 saturated carbocycles. The molecule has 580 valence electrons. The molecular weight excluding hydrogens is 949 g/mol. The van der Waals surface area contributed by atoms with Crippen LogP contribution in [0.5, 0.6) is 0 Å². The minimum absolute atomic E-state index is 0. The average molecular weight is 1210 g/mol. The summed E-state index contributed by atoms with van der Waals surface area (Å²) in [6.07, 6.45) is 0. The molecule has 0 radical (unpaired) electrons. The highest BCUT2D eigenvalue weighted by atomic mass is 13.1. The molecule has 0 saturated heterocycles. The zero-order chi connectivity index (χ0) is 52.0. The van der Waals surface area contributed by atoms with Crippen molar-refractivity contribution in [3.8, 4) is 0 Å². The van der Waals surface area contributed by atoms with E-state index in [0.717, 1.165) is 0 Å². The van der Waals surface area contributed by atoms with Gasteiger partial charge in [-0.15, -0.1) is 0 Å². The Kier molecular flexibility index (Phi) is 0. The van der Waals surface area contributed by atoms with Crippen LogP contribution < -0.4 is 0 Å². The summed E-state index contributed by atoms with van der Waals surface area (Å²) in [5.41, 5.74) is 0. The van der Waals surface area contributed by atoms with Crippen molar-refractivity contribution in [2.75, 3.05) is 0 Å². The van der Waals surface area contributed by atoms with Crippen molar-refractivity contribution in [1.82, 2.24) is 0 Å². The lowest BCUT2D eigenvalue weighted by Gasteiger charge is -1.07. The summed E-state index contributed by atoms with van der Waals surface area (Å²) in [5, 5.41) is 0. The van der Waals surface area contributed by atoms with Gasteiger partial charge in [0.25, 0.3) is 0 Å². The Morgan fingerprint density at radius 2 is 0.0380 bits per heavy atom. The fraction of sp³-hybridized carbons (Fsp3) is 1.00. The van der Waals surface area contributed by atoms with Gasteiger partial charge in [0.15, 0.2) is 0 Å². The molecule has 0 aliphatic rings. The van der Waals surface area contributed by atoms with Crippen molar-refractivity contribution in [2.24, 2.45) is 0 Å². The van der Waals surface area contributed by atoms with E-state index in [0.29, 0.717) is 0 Å². The SMILES string of the molecule is C.C.C.C.C.C.C.C.C.C.C.C.C.C.C.C.C.C.C.C.C.C.C.C.C.C.C.CC.CC.CC.CC.CC.CC.CC.CC.CC.CC.CC.CC.CC.CC.CC.CC.CC.CC.CC.CC.CC.CC.CC.CC.CC.CC. The number of rotatable bonds is 0. The molecule has 0 atom stereocenters. The summed E-state index contributed by atoms with van der Waals surface area (Å²) in [6, 6.07) is 0. The van der Waals surface area contributed by atoms with Crippen LogP contribution in [0.1, 0.15) is 561 Å². The number of hydrogen-bond donors (Lipinski definition) is 0. The first kappa shape index (κ1) is 711. The van der Waals surface area contributed by atoms with Gasteiger partial charge in [0.1, 0.15) is 0 Å². The molecule has 0 aromatic rings. The first-order chi connectivity index (χ1) is 26.0. The van der Waals surface area contributed by atoms with Crippen molar-refractivity contribution in [2.45, 2.75) is 561 Å². The number of hydrogen-bond acceptors (Lipinski definition) is 0. The van der Waals surface area contributed by atoms with E-state index < -0.39 is 0 Å². The second-order valence-corrected chi connectivity index (χ2v) is 0. The third kappa shape index (κ3) is 0. The van der Waals surface area contributed by atoms with Crippen LogP contribution in [0, 0.1) is 0 Å². The van der Waals surface area contributed by atoms with Crippen LogP contribution in [0.3, 0.4) is 0 Å². The van der Waals surface area contributed by atoms with Gasteiger partial charge in [0.05, 0.1) is 0 Å². The van der Waals surface area contributed by atoms with Gasteiger partial charge in [-0.2, -0.15) is 0 Å². The van der Waals surface area contributed by atoms with E-state index >= 15 is 0 Å². The molecule has 0 aliphatic heterocycles. The topological polar surface area (TPSA) is 0 Å². The second-order valence-electron chi connectivity index (χ2n) is 0. The summed E-state index contributed by atoms with van der Waals surface area (Å²) < 4.78 is 0. The smallest absolute Gasteiger partial charge is 0.0683 e. The molecule has 0 aromatic heterocycles. The lowest BCUT2D eigenvalue weighted by Crippen LogP contribution is -0.856. The monoisotopic (exact) mass is 1210 g/mol. The summed E-state index contributed by atoms with van der Waals surface area (Å²) in [5.74, 6) is 0. The van der Waals surface area contributed by atoms with Crippen LogP contribution in [-0.2, 0) is 0 Å². The highest BCUT2D eigenvalue weighted by Gasteiger charge is 0.983. The lowest BCUT2D eigenvalue weighted by molar-refractivity contribution is 1.50. The van der Waals surface area contributed by atoms with Crippen molar-refractivity contribution in [3.63, 3.8) is 0 Å². The summed E-state index contributed by atoms with van der Waals surface area (Å²) in [4.78, 5) is 0. The average Bonchev–Trinajstić information content (AvgIpc) is 3.40.